The molecule has 0 atom stereocenters. The monoisotopic (exact) mass is 169 g/mol. The summed E-state index contributed by atoms with van der Waals surface area (Å²) < 4.78 is 6.44. The van der Waals surface area contributed by atoms with Crippen LogP contribution in [0, 0.1) is 0 Å². The molecule has 0 spiro atoms. The van der Waals surface area contributed by atoms with Crippen LogP contribution in [0.1, 0.15) is 31.9 Å². The fraction of sp³-hybridized carbons (Fsp3) is 0.667. The summed E-state index contributed by atoms with van der Waals surface area (Å²) >= 11 is 0. The number of hydrogen-bond acceptors (Lipinski definition) is 2. The van der Waals surface area contributed by atoms with Gasteiger partial charge in [0.1, 0.15) is 5.76 Å². The Morgan fingerprint density at radius 2 is 2.25 bits per heavy atom. The number of aryl methyl sites for hydroxylation is 2. The second kappa shape index (κ2) is 4.14. The Kier molecular flexibility index (Phi) is 3.14. The molecule has 0 amide bonds. The van der Waals surface area contributed by atoms with E-state index in [1.54, 1.807) is 13.2 Å². The van der Waals surface area contributed by atoms with E-state index in [-0.39, 0.29) is 5.76 Å². The fourth-order valence-electron chi connectivity index (χ4n) is 1.14. The first-order valence-corrected chi connectivity index (χ1v) is 4.39. The molecular formula is C9H15NO2. The topological polar surface area (TPSA) is 35.1 Å². The molecule has 0 radical (unpaired) electrons. The summed E-state index contributed by atoms with van der Waals surface area (Å²) in [6.45, 7) is 2.15. The maximum absolute atomic E-state index is 10.9. The van der Waals surface area contributed by atoms with Crippen LogP contribution < -0.4 is 5.76 Å². The molecule has 1 rings (SSSR count). The Labute approximate surface area is 72.0 Å². The number of nitrogens with zero attached hydrogens (tertiary/aromatic N) is 1. The van der Waals surface area contributed by atoms with Gasteiger partial charge >= 0.3 is 5.76 Å². The average molecular weight is 169 g/mol. The van der Waals surface area contributed by atoms with E-state index in [0.29, 0.717) is 0 Å². The first kappa shape index (κ1) is 9.10. The van der Waals surface area contributed by atoms with Crippen LogP contribution >= 0.6 is 0 Å². The number of hydrogen-bond donors (Lipinski definition) is 0. The van der Waals surface area contributed by atoms with Gasteiger partial charge in [0, 0.05) is 19.7 Å². The van der Waals surface area contributed by atoms with E-state index in [4.69, 9.17) is 4.42 Å². The Morgan fingerprint density at radius 1 is 1.50 bits per heavy atom. The molecule has 0 fully saturated rings. The molecule has 0 unspecified atom stereocenters. The van der Waals surface area contributed by atoms with E-state index < -0.39 is 0 Å². The highest BCUT2D eigenvalue weighted by Crippen LogP contribution is 2.03. The van der Waals surface area contributed by atoms with Gasteiger partial charge in [-0.1, -0.05) is 19.8 Å². The van der Waals surface area contributed by atoms with Gasteiger partial charge in [0.15, 0.2) is 0 Å². The third kappa shape index (κ3) is 2.26. The summed E-state index contributed by atoms with van der Waals surface area (Å²) in [4.78, 5) is 10.9. The molecule has 0 saturated heterocycles. The summed E-state index contributed by atoms with van der Waals surface area (Å²) in [6, 6.07) is 0. The minimum atomic E-state index is -0.263. The van der Waals surface area contributed by atoms with Gasteiger partial charge < -0.3 is 4.42 Å². The van der Waals surface area contributed by atoms with E-state index >= 15 is 0 Å². The SMILES string of the molecule is CCCCCc1cn(C)c(=O)o1. The Hall–Kier alpha value is -0.990. The van der Waals surface area contributed by atoms with Gasteiger partial charge in [-0.25, -0.2) is 4.79 Å². The van der Waals surface area contributed by atoms with E-state index in [2.05, 4.69) is 6.92 Å². The molecule has 3 nitrogen and oxygen atoms in total. The highest BCUT2D eigenvalue weighted by atomic mass is 16.4. The first-order chi connectivity index (χ1) is 5.74. The zero-order chi connectivity index (χ0) is 8.97. The quantitative estimate of drug-likeness (QED) is 0.643. The van der Waals surface area contributed by atoms with Crippen molar-refractivity contribution in [2.75, 3.05) is 0 Å². The lowest BCUT2D eigenvalue weighted by Crippen LogP contribution is -2.07. The molecule has 0 saturated carbocycles. The number of aromatic nitrogens is 1. The van der Waals surface area contributed by atoms with Gasteiger partial charge in [-0.3, -0.25) is 4.57 Å². The smallest absolute Gasteiger partial charge is 0.413 e. The van der Waals surface area contributed by atoms with Crippen LogP contribution in [-0.2, 0) is 13.5 Å². The highest BCUT2D eigenvalue weighted by molar-refractivity contribution is 4.90. The van der Waals surface area contributed by atoms with E-state index in [1.165, 1.54) is 17.4 Å². The molecule has 12 heavy (non-hydrogen) atoms. The molecule has 0 aliphatic heterocycles. The second-order valence-corrected chi connectivity index (χ2v) is 3.03. The first-order valence-electron chi connectivity index (χ1n) is 4.39. The molecule has 0 N–H and O–H groups in total. The molecule has 0 bridgehead atoms. The van der Waals surface area contributed by atoms with Gasteiger partial charge in [0.05, 0.1) is 0 Å². The summed E-state index contributed by atoms with van der Waals surface area (Å²) in [5.41, 5.74) is 0. The summed E-state index contributed by atoms with van der Waals surface area (Å²) in [5, 5.41) is 0. The predicted octanol–water partition coefficient (Wildman–Crippen LogP) is 1.71. The van der Waals surface area contributed by atoms with Gasteiger partial charge in [-0.05, 0) is 6.42 Å². The van der Waals surface area contributed by atoms with Crippen LogP contribution in [0.15, 0.2) is 15.4 Å². The van der Waals surface area contributed by atoms with Crippen molar-refractivity contribution in [3.8, 4) is 0 Å². The van der Waals surface area contributed by atoms with Gasteiger partial charge in [0.2, 0.25) is 0 Å². The van der Waals surface area contributed by atoms with E-state index in [9.17, 15) is 4.79 Å². The molecule has 1 heterocycles. The van der Waals surface area contributed by atoms with Crippen molar-refractivity contribution in [2.24, 2.45) is 7.05 Å². The minimum absolute atomic E-state index is 0.263. The molecule has 1 aromatic heterocycles. The molecule has 0 aliphatic rings. The average Bonchev–Trinajstić information content (AvgIpc) is 2.32. The highest BCUT2D eigenvalue weighted by Gasteiger charge is 2.00. The van der Waals surface area contributed by atoms with Crippen LogP contribution in [0.3, 0.4) is 0 Å². The largest absolute Gasteiger partial charge is 0.418 e. The Morgan fingerprint density at radius 3 is 2.75 bits per heavy atom. The summed E-state index contributed by atoms with van der Waals surface area (Å²) in [5.74, 6) is 0.539. The molecular weight excluding hydrogens is 154 g/mol. The third-order valence-electron chi connectivity index (χ3n) is 1.87. The van der Waals surface area contributed by atoms with Crippen molar-refractivity contribution < 1.29 is 4.42 Å². The van der Waals surface area contributed by atoms with Crippen molar-refractivity contribution in [1.82, 2.24) is 4.57 Å². The Balaban J connectivity index is 2.47. The maximum Gasteiger partial charge on any atom is 0.418 e. The van der Waals surface area contributed by atoms with Crippen molar-refractivity contribution in [3.63, 3.8) is 0 Å². The van der Waals surface area contributed by atoms with Crippen LogP contribution in [0.2, 0.25) is 0 Å². The second-order valence-electron chi connectivity index (χ2n) is 3.03. The lowest BCUT2D eigenvalue weighted by atomic mass is 10.2. The third-order valence-corrected chi connectivity index (χ3v) is 1.87. The van der Waals surface area contributed by atoms with Gasteiger partial charge in [-0.15, -0.1) is 0 Å². The van der Waals surface area contributed by atoms with Crippen molar-refractivity contribution in [2.45, 2.75) is 32.6 Å². The van der Waals surface area contributed by atoms with E-state index in [0.717, 1.165) is 18.6 Å². The van der Waals surface area contributed by atoms with Crippen LogP contribution in [0.5, 0.6) is 0 Å². The number of oxazole rings is 1. The van der Waals surface area contributed by atoms with Crippen LogP contribution in [-0.4, -0.2) is 4.57 Å². The lowest BCUT2D eigenvalue weighted by molar-refractivity contribution is 0.448. The molecule has 3 heteroatoms. The Bertz CT molecular complexity index is 285. The van der Waals surface area contributed by atoms with E-state index in [1.807, 2.05) is 0 Å². The maximum atomic E-state index is 10.9. The zero-order valence-corrected chi connectivity index (χ0v) is 7.67. The van der Waals surface area contributed by atoms with Crippen LogP contribution in [0.4, 0.5) is 0 Å². The fourth-order valence-corrected chi connectivity index (χ4v) is 1.14. The molecule has 68 valence electrons. The normalized spacial score (nSPS) is 10.5. The van der Waals surface area contributed by atoms with Crippen molar-refractivity contribution >= 4 is 0 Å². The summed E-state index contributed by atoms with van der Waals surface area (Å²) in [6.07, 6.45) is 6.13. The van der Waals surface area contributed by atoms with Crippen LogP contribution in [0.25, 0.3) is 0 Å². The zero-order valence-electron chi connectivity index (χ0n) is 7.67. The lowest BCUT2D eigenvalue weighted by Gasteiger charge is -1.92. The van der Waals surface area contributed by atoms with Gasteiger partial charge in [-0.2, -0.15) is 0 Å². The van der Waals surface area contributed by atoms with Crippen molar-refractivity contribution in [1.29, 1.82) is 0 Å². The number of unbranched alkanes of at least 4 members (excludes halogenated alkanes) is 2. The van der Waals surface area contributed by atoms with Gasteiger partial charge in [0.25, 0.3) is 0 Å². The predicted molar refractivity (Wildman–Crippen MR) is 47.2 cm³/mol. The number of rotatable bonds is 4. The van der Waals surface area contributed by atoms with Crippen molar-refractivity contribution in [3.05, 3.63) is 22.5 Å². The standard InChI is InChI=1S/C9H15NO2/c1-3-4-5-6-8-7-10(2)9(11)12-8/h7H,3-6H2,1-2H3. The minimum Gasteiger partial charge on any atom is -0.413 e. The molecule has 1 aromatic rings. The molecule has 0 aromatic carbocycles. The summed E-state index contributed by atoms with van der Waals surface area (Å²) in [7, 11) is 1.70. The molecule has 0 aliphatic carbocycles.